The van der Waals surface area contributed by atoms with Crippen LogP contribution in [0.15, 0.2) is 70.0 Å². The Balaban J connectivity index is 1.53. The van der Waals surface area contributed by atoms with Crippen molar-refractivity contribution in [2.45, 2.75) is 36.7 Å². The lowest BCUT2D eigenvalue weighted by Gasteiger charge is -2.35. The molecule has 0 radical (unpaired) electrons. The van der Waals surface area contributed by atoms with Gasteiger partial charge in [-0.15, -0.1) is 0 Å². The first-order valence-electron chi connectivity index (χ1n) is 11.8. The van der Waals surface area contributed by atoms with Crippen molar-refractivity contribution in [3.05, 3.63) is 92.4 Å². The highest BCUT2D eigenvalue weighted by Gasteiger charge is 2.37. The summed E-state index contributed by atoms with van der Waals surface area (Å²) in [7, 11) is -2.69. The van der Waals surface area contributed by atoms with E-state index in [0.717, 1.165) is 27.6 Å². The van der Waals surface area contributed by atoms with Crippen LogP contribution >= 0.6 is 27.5 Å². The molecular formula is C27H24BrClN2O5S. The molecule has 7 nitrogen and oxygen atoms in total. The zero-order valence-corrected chi connectivity index (χ0v) is 23.1. The van der Waals surface area contributed by atoms with Crippen molar-refractivity contribution in [2.75, 3.05) is 18.0 Å². The first-order valence-corrected chi connectivity index (χ1v) is 14.4. The number of benzene rings is 3. The van der Waals surface area contributed by atoms with E-state index in [9.17, 15) is 18.0 Å². The number of hydrogen-bond acceptors (Lipinski definition) is 5. The minimum atomic E-state index is -3.96. The Kier molecular flexibility index (Phi) is 7.04. The Morgan fingerprint density at radius 3 is 2.59 bits per heavy atom. The molecule has 0 saturated heterocycles. The lowest BCUT2D eigenvalue weighted by Crippen LogP contribution is -2.49. The summed E-state index contributed by atoms with van der Waals surface area (Å²) in [4.78, 5) is 27.8. The van der Waals surface area contributed by atoms with Gasteiger partial charge in [0.05, 0.1) is 28.3 Å². The fourth-order valence-corrected chi connectivity index (χ4v) is 7.15. The fourth-order valence-electron chi connectivity index (χ4n) is 4.97. The predicted octanol–water partition coefficient (Wildman–Crippen LogP) is 4.98. The summed E-state index contributed by atoms with van der Waals surface area (Å²) in [5.74, 6) is -1.09. The third-order valence-corrected chi connectivity index (χ3v) is 9.49. The van der Waals surface area contributed by atoms with Gasteiger partial charge in [-0.3, -0.25) is 9.10 Å². The molecule has 0 saturated carbocycles. The summed E-state index contributed by atoms with van der Waals surface area (Å²) in [5.41, 5.74) is 3.43. The highest BCUT2D eigenvalue weighted by molar-refractivity contribution is 9.10. The smallest absolute Gasteiger partial charge is 0.328 e. The van der Waals surface area contributed by atoms with Gasteiger partial charge in [-0.1, -0.05) is 51.8 Å². The zero-order chi connectivity index (χ0) is 26.3. The van der Waals surface area contributed by atoms with Crippen molar-refractivity contribution in [1.82, 2.24) is 4.90 Å². The molecule has 10 heteroatoms. The van der Waals surface area contributed by atoms with E-state index >= 15 is 0 Å². The first kappa shape index (κ1) is 25.8. The second-order valence-electron chi connectivity index (χ2n) is 9.04. The summed E-state index contributed by atoms with van der Waals surface area (Å²) < 4.78 is 34.6. The van der Waals surface area contributed by atoms with Crippen LogP contribution < -0.4 is 4.31 Å². The topological polar surface area (TPSA) is 84.0 Å². The molecule has 1 atom stereocenters. The van der Waals surface area contributed by atoms with Gasteiger partial charge in [0, 0.05) is 24.0 Å². The number of halogens is 2. The number of amides is 1. The van der Waals surface area contributed by atoms with Crippen molar-refractivity contribution in [3.8, 4) is 0 Å². The van der Waals surface area contributed by atoms with Gasteiger partial charge in [-0.05, 0) is 65.9 Å². The molecule has 1 amide bonds. The molecule has 0 spiro atoms. The van der Waals surface area contributed by atoms with Gasteiger partial charge in [0.2, 0.25) is 0 Å². The third-order valence-electron chi connectivity index (χ3n) is 6.86. The summed E-state index contributed by atoms with van der Waals surface area (Å²) in [6, 6.07) is 16.4. The van der Waals surface area contributed by atoms with Crippen molar-refractivity contribution in [3.63, 3.8) is 0 Å². The minimum Gasteiger partial charge on any atom is -0.467 e. The quantitative estimate of drug-likeness (QED) is 0.393. The van der Waals surface area contributed by atoms with Crippen LogP contribution in [0.2, 0.25) is 5.02 Å². The number of carbonyl (C=O) groups is 2. The van der Waals surface area contributed by atoms with Crippen LogP contribution in [0.25, 0.3) is 0 Å². The Hall–Kier alpha value is -2.88. The van der Waals surface area contributed by atoms with Gasteiger partial charge in [0.1, 0.15) is 6.04 Å². The van der Waals surface area contributed by atoms with E-state index in [-0.39, 0.29) is 28.4 Å². The minimum absolute atomic E-state index is 0.0142. The van der Waals surface area contributed by atoms with Gasteiger partial charge in [0.15, 0.2) is 0 Å². The van der Waals surface area contributed by atoms with Crippen LogP contribution in [-0.2, 0) is 38.9 Å². The maximum Gasteiger partial charge on any atom is 0.328 e. The summed E-state index contributed by atoms with van der Waals surface area (Å²) in [6.45, 7) is 0.494. The van der Waals surface area contributed by atoms with E-state index in [1.807, 2.05) is 36.4 Å². The summed E-state index contributed by atoms with van der Waals surface area (Å²) in [5, 5.41) is 0.103. The summed E-state index contributed by atoms with van der Waals surface area (Å²) in [6.07, 6.45) is 1.77. The molecule has 192 valence electrons. The number of fused-ring (bicyclic) bond motifs is 2. The molecule has 2 heterocycles. The van der Waals surface area contributed by atoms with Gasteiger partial charge in [0.25, 0.3) is 15.9 Å². The number of hydrogen-bond donors (Lipinski definition) is 0. The predicted molar refractivity (Wildman–Crippen MR) is 144 cm³/mol. The van der Waals surface area contributed by atoms with E-state index in [0.29, 0.717) is 18.7 Å². The number of ether oxygens (including phenoxy) is 1. The van der Waals surface area contributed by atoms with Crippen LogP contribution in [-0.4, -0.2) is 44.9 Å². The molecule has 0 unspecified atom stereocenters. The van der Waals surface area contributed by atoms with E-state index < -0.39 is 27.9 Å². The fraction of sp³-hybridized carbons (Fsp3) is 0.259. The van der Waals surface area contributed by atoms with Crippen molar-refractivity contribution in [1.29, 1.82) is 0 Å². The van der Waals surface area contributed by atoms with Crippen LogP contribution in [0.4, 0.5) is 5.69 Å². The molecule has 0 fully saturated rings. The highest BCUT2D eigenvalue weighted by atomic mass is 79.9. The Bertz CT molecular complexity index is 1510. The maximum absolute atomic E-state index is 13.8. The number of carbonyl (C=O) groups excluding carboxylic acids is 2. The summed E-state index contributed by atoms with van der Waals surface area (Å²) >= 11 is 9.89. The van der Waals surface area contributed by atoms with Crippen LogP contribution in [0.1, 0.15) is 33.5 Å². The van der Waals surface area contributed by atoms with E-state index in [4.69, 9.17) is 16.3 Å². The molecular weight excluding hydrogens is 580 g/mol. The number of rotatable bonds is 4. The average molecular weight is 604 g/mol. The molecule has 0 aliphatic carbocycles. The molecule has 2 aliphatic heterocycles. The van der Waals surface area contributed by atoms with Crippen LogP contribution in [0, 0.1) is 0 Å². The first-order chi connectivity index (χ1) is 17.7. The third kappa shape index (κ3) is 4.76. The molecule has 0 bridgehead atoms. The number of nitrogens with zero attached hydrogens (tertiary/aromatic N) is 2. The molecule has 2 aliphatic rings. The highest BCUT2D eigenvalue weighted by Crippen LogP contribution is 2.34. The lowest BCUT2D eigenvalue weighted by molar-refractivity contribution is -0.146. The van der Waals surface area contributed by atoms with Gasteiger partial charge >= 0.3 is 5.97 Å². The van der Waals surface area contributed by atoms with Crippen molar-refractivity contribution < 1.29 is 22.7 Å². The molecule has 0 aromatic heterocycles. The number of aryl methyl sites for hydroxylation is 1. The lowest BCUT2D eigenvalue weighted by atomic mass is 9.93. The number of esters is 1. The van der Waals surface area contributed by atoms with Gasteiger partial charge in [-0.25, -0.2) is 13.2 Å². The molecule has 3 aromatic carbocycles. The average Bonchev–Trinajstić information content (AvgIpc) is 2.91. The molecule has 5 rings (SSSR count). The Morgan fingerprint density at radius 1 is 1.03 bits per heavy atom. The Morgan fingerprint density at radius 2 is 1.81 bits per heavy atom. The SMILES string of the molecule is COC(=O)[C@H]1Cc2ccc(Br)cc2CN1C(=O)c1cc(S(=O)(=O)N2CCCc3ccccc32)ccc1Cl. The normalized spacial score (nSPS) is 17.1. The van der Waals surface area contributed by atoms with E-state index in [1.165, 1.54) is 34.5 Å². The van der Waals surface area contributed by atoms with Crippen molar-refractivity contribution >= 4 is 55.1 Å². The van der Waals surface area contributed by atoms with Gasteiger partial charge in [-0.2, -0.15) is 0 Å². The number of anilines is 1. The monoisotopic (exact) mass is 602 g/mol. The molecule has 37 heavy (non-hydrogen) atoms. The van der Waals surface area contributed by atoms with Gasteiger partial charge < -0.3 is 9.64 Å². The molecule has 0 N–H and O–H groups in total. The number of methoxy groups -OCH3 is 1. The molecule has 3 aromatic rings. The van der Waals surface area contributed by atoms with Crippen molar-refractivity contribution in [2.24, 2.45) is 0 Å². The van der Waals surface area contributed by atoms with Crippen LogP contribution in [0.5, 0.6) is 0 Å². The van der Waals surface area contributed by atoms with E-state index in [2.05, 4.69) is 15.9 Å². The number of para-hydroxylation sites is 1. The second kappa shape index (κ2) is 10.1. The Labute approximate surface area is 229 Å². The van der Waals surface area contributed by atoms with E-state index in [1.54, 1.807) is 6.07 Å². The zero-order valence-electron chi connectivity index (χ0n) is 20.0. The van der Waals surface area contributed by atoms with Crippen LogP contribution in [0.3, 0.4) is 0 Å². The number of sulfonamides is 1. The largest absolute Gasteiger partial charge is 0.467 e. The maximum atomic E-state index is 13.8. The second-order valence-corrected chi connectivity index (χ2v) is 12.2. The standard InChI is InChI=1S/C27H24BrClN2O5S/c1-36-27(33)25-14-18-8-9-20(28)13-19(18)16-30(25)26(32)22-15-21(10-11-23(22)29)37(34,35)31-12-4-6-17-5-2-3-7-24(17)31/h2-3,5,7-11,13,15,25H,4,6,12,14,16H2,1H3/t25-/m1/s1.